The summed E-state index contributed by atoms with van der Waals surface area (Å²) in [6, 6.07) is 6.15. The number of piperazine rings is 1. The zero-order chi connectivity index (χ0) is 18.2. The number of nitrogens with one attached hydrogen (secondary N) is 1. The predicted molar refractivity (Wildman–Crippen MR) is 97.1 cm³/mol. The first-order valence-electron chi connectivity index (χ1n) is 8.52. The highest BCUT2D eigenvalue weighted by molar-refractivity contribution is 9.10. The Hall–Kier alpha value is -1.89. The first-order chi connectivity index (χ1) is 12.0. The molecule has 0 aliphatic carbocycles. The molecular weight excluding hydrogens is 388 g/mol. The summed E-state index contributed by atoms with van der Waals surface area (Å²) in [5.41, 5.74) is 0.477. The van der Waals surface area contributed by atoms with Gasteiger partial charge in [-0.25, -0.2) is 0 Å². The standard InChI is InChI=1S/C18H23BrN2O4/c1-2-3-4-10-25-16(22)12-15-17(23)20-8-9-21(15)18(24)13-6-5-7-14(19)11-13/h5-7,11,15H,2-4,8-10,12H2,1H3,(H,20,23). The molecule has 0 saturated carbocycles. The maximum Gasteiger partial charge on any atom is 0.308 e. The molecule has 136 valence electrons. The smallest absolute Gasteiger partial charge is 0.308 e. The van der Waals surface area contributed by atoms with Crippen molar-refractivity contribution in [3.05, 3.63) is 34.3 Å². The minimum absolute atomic E-state index is 0.127. The van der Waals surface area contributed by atoms with Gasteiger partial charge in [0.1, 0.15) is 6.04 Å². The van der Waals surface area contributed by atoms with E-state index in [9.17, 15) is 14.4 Å². The molecular formula is C18H23BrN2O4. The van der Waals surface area contributed by atoms with Gasteiger partial charge >= 0.3 is 5.97 Å². The van der Waals surface area contributed by atoms with Crippen LogP contribution in [0.1, 0.15) is 43.0 Å². The molecule has 1 heterocycles. The van der Waals surface area contributed by atoms with E-state index in [0.29, 0.717) is 25.3 Å². The number of nitrogens with zero attached hydrogens (tertiary/aromatic N) is 1. The van der Waals surface area contributed by atoms with Gasteiger partial charge in [-0.15, -0.1) is 0 Å². The van der Waals surface area contributed by atoms with Crippen molar-refractivity contribution in [2.75, 3.05) is 19.7 Å². The summed E-state index contributed by atoms with van der Waals surface area (Å²) >= 11 is 3.34. The first-order valence-corrected chi connectivity index (χ1v) is 9.32. The lowest BCUT2D eigenvalue weighted by atomic mass is 10.1. The van der Waals surface area contributed by atoms with E-state index < -0.39 is 12.0 Å². The van der Waals surface area contributed by atoms with Crippen LogP contribution in [-0.2, 0) is 14.3 Å². The SMILES string of the molecule is CCCCCOC(=O)CC1C(=O)NCCN1C(=O)c1cccc(Br)c1. The molecule has 2 rings (SSSR count). The summed E-state index contributed by atoms with van der Waals surface area (Å²) in [7, 11) is 0. The van der Waals surface area contributed by atoms with Gasteiger partial charge in [-0.3, -0.25) is 14.4 Å². The number of unbranched alkanes of at least 4 members (excludes halogenated alkanes) is 2. The average Bonchev–Trinajstić information content (AvgIpc) is 2.60. The van der Waals surface area contributed by atoms with Gasteiger partial charge in [0.2, 0.25) is 5.91 Å². The number of esters is 1. The molecule has 0 aromatic heterocycles. The van der Waals surface area contributed by atoms with E-state index in [0.717, 1.165) is 23.7 Å². The van der Waals surface area contributed by atoms with Crippen molar-refractivity contribution >= 4 is 33.7 Å². The largest absolute Gasteiger partial charge is 0.466 e. The molecule has 1 aromatic carbocycles. The van der Waals surface area contributed by atoms with Gasteiger partial charge in [-0.1, -0.05) is 41.8 Å². The fourth-order valence-electron chi connectivity index (χ4n) is 2.70. The number of halogens is 1. The van der Waals surface area contributed by atoms with Crippen LogP contribution in [0.4, 0.5) is 0 Å². The summed E-state index contributed by atoms with van der Waals surface area (Å²) < 4.78 is 5.97. The highest BCUT2D eigenvalue weighted by Gasteiger charge is 2.35. The molecule has 2 amide bonds. The molecule has 0 spiro atoms. The van der Waals surface area contributed by atoms with E-state index in [-0.39, 0.29) is 18.2 Å². The lowest BCUT2D eigenvalue weighted by Crippen LogP contribution is -2.57. The summed E-state index contributed by atoms with van der Waals surface area (Å²) in [4.78, 5) is 38.4. The van der Waals surface area contributed by atoms with Crippen LogP contribution < -0.4 is 5.32 Å². The fraction of sp³-hybridized carbons (Fsp3) is 0.500. The minimum Gasteiger partial charge on any atom is -0.466 e. The third-order valence-electron chi connectivity index (χ3n) is 4.03. The third-order valence-corrected chi connectivity index (χ3v) is 4.53. The van der Waals surface area contributed by atoms with Crippen LogP contribution in [0, 0.1) is 0 Å². The predicted octanol–water partition coefficient (Wildman–Crippen LogP) is 2.51. The van der Waals surface area contributed by atoms with E-state index in [1.807, 2.05) is 6.07 Å². The van der Waals surface area contributed by atoms with Crippen LogP contribution >= 0.6 is 15.9 Å². The summed E-state index contributed by atoms with van der Waals surface area (Å²) in [6.45, 7) is 3.16. The third kappa shape index (κ3) is 5.56. The Balaban J connectivity index is 2.03. The minimum atomic E-state index is -0.834. The number of carbonyl (C=O) groups is 3. The molecule has 1 saturated heterocycles. The van der Waals surface area contributed by atoms with Crippen LogP contribution in [0.2, 0.25) is 0 Å². The van der Waals surface area contributed by atoms with Crippen LogP contribution in [0.3, 0.4) is 0 Å². The van der Waals surface area contributed by atoms with Crippen molar-refractivity contribution in [2.24, 2.45) is 0 Å². The Kier molecular flexibility index (Phi) is 7.43. The van der Waals surface area contributed by atoms with Gasteiger partial charge in [0.15, 0.2) is 0 Å². The Labute approximate surface area is 156 Å². The molecule has 1 fully saturated rings. The molecule has 1 N–H and O–H groups in total. The fourth-order valence-corrected chi connectivity index (χ4v) is 3.10. The molecule has 1 aliphatic heterocycles. The summed E-state index contributed by atoms with van der Waals surface area (Å²) in [5, 5.41) is 2.71. The molecule has 6 nitrogen and oxygen atoms in total. The quantitative estimate of drug-likeness (QED) is 0.553. The number of hydrogen-bond donors (Lipinski definition) is 1. The molecule has 0 radical (unpaired) electrons. The maximum atomic E-state index is 12.8. The molecule has 7 heteroatoms. The zero-order valence-corrected chi connectivity index (χ0v) is 15.9. The number of ether oxygens (including phenoxy) is 1. The Morgan fingerprint density at radius 2 is 2.16 bits per heavy atom. The second kappa shape index (κ2) is 9.56. The van der Waals surface area contributed by atoms with E-state index in [4.69, 9.17) is 4.74 Å². The average molecular weight is 411 g/mol. The topological polar surface area (TPSA) is 75.7 Å². The molecule has 1 unspecified atom stereocenters. The van der Waals surface area contributed by atoms with E-state index >= 15 is 0 Å². The van der Waals surface area contributed by atoms with Crippen LogP contribution in [0.25, 0.3) is 0 Å². The Morgan fingerprint density at radius 1 is 1.36 bits per heavy atom. The highest BCUT2D eigenvalue weighted by atomic mass is 79.9. The van der Waals surface area contributed by atoms with Gasteiger partial charge in [0.05, 0.1) is 13.0 Å². The number of rotatable bonds is 7. The molecule has 0 bridgehead atoms. The van der Waals surface area contributed by atoms with Crippen molar-refractivity contribution in [2.45, 2.75) is 38.6 Å². The van der Waals surface area contributed by atoms with Gasteiger partial charge in [0, 0.05) is 23.1 Å². The zero-order valence-electron chi connectivity index (χ0n) is 14.3. The maximum absolute atomic E-state index is 12.8. The van der Waals surface area contributed by atoms with Crippen molar-refractivity contribution in [3.63, 3.8) is 0 Å². The molecule has 1 aliphatic rings. The van der Waals surface area contributed by atoms with E-state index in [1.54, 1.807) is 18.2 Å². The number of benzene rings is 1. The van der Waals surface area contributed by atoms with Gasteiger partial charge < -0.3 is 15.0 Å². The van der Waals surface area contributed by atoms with E-state index in [1.165, 1.54) is 4.90 Å². The number of hydrogen-bond acceptors (Lipinski definition) is 4. The number of carbonyl (C=O) groups excluding carboxylic acids is 3. The summed E-state index contributed by atoms with van der Waals surface area (Å²) in [6.07, 6.45) is 2.71. The molecule has 1 aromatic rings. The monoisotopic (exact) mass is 410 g/mol. The summed E-state index contributed by atoms with van der Waals surface area (Å²) in [5.74, 6) is -1.04. The van der Waals surface area contributed by atoms with Crippen LogP contribution in [0.5, 0.6) is 0 Å². The van der Waals surface area contributed by atoms with Crippen molar-refractivity contribution in [1.29, 1.82) is 0 Å². The van der Waals surface area contributed by atoms with Gasteiger partial charge in [-0.05, 0) is 24.6 Å². The second-order valence-corrected chi connectivity index (χ2v) is 6.86. The lowest BCUT2D eigenvalue weighted by Gasteiger charge is -2.34. The van der Waals surface area contributed by atoms with Crippen LogP contribution in [0.15, 0.2) is 28.7 Å². The second-order valence-electron chi connectivity index (χ2n) is 5.95. The van der Waals surface area contributed by atoms with Crippen molar-refractivity contribution in [1.82, 2.24) is 10.2 Å². The van der Waals surface area contributed by atoms with Gasteiger partial charge in [-0.2, -0.15) is 0 Å². The van der Waals surface area contributed by atoms with E-state index in [2.05, 4.69) is 28.2 Å². The first kappa shape index (κ1) is 19.4. The Bertz CT molecular complexity index is 635. The van der Waals surface area contributed by atoms with Crippen molar-refractivity contribution < 1.29 is 19.1 Å². The molecule has 25 heavy (non-hydrogen) atoms. The van der Waals surface area contributed by atoms with Crippen molar-refractivity contribution in [3.8, 4) is 0 Å². The lowest BCUT2D eigenvalue weighted by molar-refractivity contribution is -0.147. The highest BCUT2D eigenvalue weighted by Crippen LogP contribution is 2.18. The Morgan fingerprint density at radius 3 is 2.88 bits per heavy atom. The normalized spacial score (nSPS) is 17.1. The van der Waals surface area contributed by atoms with Crippen LogP contribution in [-0.4, -0.2) is 48.4 Å². The van der Waals surface area contributed by atoms with Gasteiger partial charge in [0.25, 0.3) is 5.91 Å². The number of amides is 2. The molecule has 1 atom stereocenters.